The van der Waals surface area contributed by atoms with Crippen LogP contribution in [-0.4, -0.2) is 18.4 Å². The van der Waals surface area contributed by atoms with Gasteiger partial charge in [0.05, 0.1) is 10.7 Å². The van der Waals surface area contributed by atoms with E-state index in [1.54, 1.807) is 18.2 Å². The van der Waals surface area contributed by atoms with Gasteiger partial charge in [0.25, 0.3) is 0 Å². The van der Waals surface area contributed by atoms with Gasteiger partial charge >= 0.3 is 0 Å². The minimum absolute atomic E-state index is 0.235. The molecule has 110 valence electrons. The van der Waals surface area contributed by atoms with Crippen LogP contribution < -0.4 is 10.6 Å². The summed E-state index contributed by atoms with van der Waals surface area (Å²) in [6, 6.07) is 4.75. The average molecular weight is 317 g/mol. The molecule has 2 N–H and O–H groups in total. The van der Waals surface area contributed by atoms with E-state index in [4.69, 9.17) is 23.2 Å². The summed E-state index contributed by atoms with van der Waals surface area (Å²) in [6.45, 7) is 4.71. The van der Waals surface area contributed by atoms with E-state index in [0.717, 1.165) is 6.42 Å². The molecule has 0 aliphatic heterocycles. The Labute approximate surface area is 128 Å². The monoisotopic (exact) mass is 316 g/mol. The van der Waals surface area contributed by atoms with Gasteiger partial charge in [-0.2, -0.15) is 0 Å². The fourth-order valence-corrected chi connectivity index (χ4v) is 1.83. The smallest absolute Gasteiger partial charge is 0.233 e. The number of nitrogens with one attached hydrogen (secondary N) is 2. The SMILES string of the molecule is CC(C)CCNC(=O)CC(=O)Nc1cc(Cl)ccc1Cl. The first kappa shape index (κ1) is 16.8. The van der Waals surface area contributed by atoms with Crippen molar-refractivity contribution in [2.24, 2.45) is 5.92 Å². The van der Waals surface area contributed by atoms with Crippen LogP contribution in [0.2, 0.25) is 10.0 Å². The maximum absolute atomic E-state index is 11.7. The minimum Gasteiger partial charge on any atom is -0.356 e. The number of hydrogen-bond acceptors (Lipinski definition) is 2. The van der Waals surface area contributed by atoms with Crippen LogP contribution in [0.15, 0.2) is 18.2 Å². The maximum atomic E-state index is 11.7. The van der Waals surface area contributed by atoms with Crippen molar-refractivity contribution in [3.05, 3.63) is 28.2 Å². The van der Waals surface area contributed by atoms with Crippen LogP contribution in [0.4, 0.5) is 5.69 Å². The zero-order valence-corrected chi connectivity index (χ0v) is 13.0. The molecule has 0 unspecified atom stereocenters. The maximum Gasteiger partial charge on any atom is 0.233 e. The van der Waals surface area contributed by atoms with Gasteiger partial charge in [0, 0.05) is 11.6 Å². The minimum atomic E-state index is -0.420. The molecule has 0 saturated heterocycles. The summed E-state index contributed by atoms with van der Waals surface area (Å²) in [5, 5.41) is 6.10. The van der Waals surface area contributed by atoms with Gasteiger partial charge in [-0.15, -0.1) is 0 Å². The molecular weight excluding hydrogens is 299 g/mol. The Morgan fingerprint density at radius 1 is 1.20 bits per heavy atom. The lowest BCUT2D eigenvalue weighted by Gasteiger charge is -2.09. The van der Waals surface area contributed by atoms with Gasteiger partial charge in [0.2, 0.25) is 11.8 Å². The lowest BCUT2D eigenvalue weighted by Crippen LogP contribution is -2.29. The lowest BCUT2D eigenvalue weighted by molar-refractivity contribution is -0.126. The molecule has 20 heavy (non-hydrogen) atoms. The molecule has 1 rings (SSSR count). The summed E-state index contributed by atoms with van der Waals surface area (Å²) < 4.78 is 0. The Morgan fingerprint density at radius 2 is 1.90 bits per heavy atom. The second kappa shape index (κ2) is 8.12. The van der Waals surface area contributed by atoms with E-state index >= 15 is 0 Å². The number of carbonyl (C=O) groups excluding carboxylic acids is 2. The van der Waals surface area contributed by atoms with E-state index in [1.807, 2.05) is 0 Å². The van der Waals surface area contributed by atoms with Gasteiger partial charge in [-0.05, 0) is 30.5 Å². The number of halogens is 2. The molecule has 1 aromatic carbocycles. The Morgan fingerprint density at radius 3 is 2.55 bits per heavy atom. The Bertz CT molecular complexity index is 490. The average Bonchev–Trinajstić information content (AvgIpc) is 2.33. The first-order valence-corrected chi connectivity index (χ1v) is 7.15. The Kier molecular flexibility index (Phi) is 6.82. The highest BCUT2D eigenvalue weighted by molar-refractivity contribution is 6.35. The fraction of sp³-hybridized carbons (Fsp3) is 0.429. The van der Waals surface area contributed by atoms with Gasteiger partial charge in [-0.3, -0.25) is 9.59 Å². The largest absolute Gasteiger partial charge is 0.356 e. The summed E-state index contributed by atoms with van der Waals surface area (Å²) in [5.41, 5.74) is 0.402. The fourth-order valence-electron chi connectivity index (χ4n) is 1.50. The molecule has 0 aliphatic rings. The summed E-state index contributed by atoms with van der Waals surface area (Å²) in [4.78, 5) is 23.3. The van der Waals surface area contributed by atoms with E-state index in [2.05, 4.69) is 24.5 Å². The van der Waals surface area contributed by atoms with Crippen molar-refractivity contribution in [2.75, 3.05) is 11.9 Å². The molecule has 0 aromatic heterocycles. The quantitative estimate of drug-likeness (QED) is 0.789. The van der Waals surface area contributed by atoms with Crippen molar-refractivity contribution in [3.63, 3.8) is 0 Å². The number of amides is 2. The molecule has 0 spiro atoms. The first-order chi connectivity index (χ1) is 9.38. The highest BCUT2D eigenvalue weighted by Crippen LogP contribution is 2.25. The molecule has 0 atom stereocenters. The van der Waals surface area contributed by atoms with Crippen LogP contribution >= 0.6 is 23.2 Å². The van der Waals surface area contributed by atoms with Gasteiger partial charge in [0.1, 0.15) is 6.42 Å². The predicted octanol–water partition coefficient (Wildman–Crippen LogP) is 3.48. The molecule has 1 aromatic rings. The third-order valence-electron chi connectivity index (χ3n) is 2.57. The van der Waals surface area contributed by atoms with Gasteiger partial charge in [-0.25, -0.2) is 0 Å². The number of benzene rings is 1. The summed E-state index contributed by atoms with van der Waals surface area (Å²) in [7, 11) is 0. The number of carbonyl (C=O) groups is 2. The third kappa shape index (κ3) is 6.26. The van der Waals surface area contributed by atoms with Crippen LogP contribution in [0, 0.1) is 5.92 Å². The van der Waals surface area contributed by atoms with Gasteiger partial charge < -0.3 is 10.6 Å². The normalized spacial score (nSPS) is 10.4. The van der Waals surface area contributed by atoms with Crippen molar-refractivity contribution in [1.29, 1.82) is 0 Å². The van der Waals surface area contributed by atoms with Crippen molar-refractivity contribution >= 4 is 40.7 Å². The van der Waals surface area contributed by atoms with Gasteiger partial charge in [0.15, 0.2) is 0 Å². The van der Waals surface area contributed by atoms with Crippen LogP contribution in [-0.2, 0) is 9.59 Å². The molecule has 6 heteroatoms. The van der Waals surface area contributed by atoms with E-state index < -0.39 is 5.91 Å². The first-order valence-electron chi connectivity index (χ1n) is 6.40. The van der Waals surface area contributed by atoms with Crippen molar-refractivity contribution in [2.45, 2.75) is 26.7 Å². The second-order valence-corrected chi connectivity index (χ2v) is 5.73. The van der Waals surface area contributed by atoms with Crippen molar-refractivity contribution in [1.82, 2.24) is 5.32 Å². The van der Waals surface area contributed by atoms with Crippen molar-refractivity contribution < 1.29 is 9.59 Å². The van der Waals surface area contributed by atoms with Crippen LogP contribution in [0.5, 0.6) is 0 Å². The number of anilines is 1. The van der Waals surface area contributed by atoms with Gasteiger partial charge in [-0.1, -0.05) is 37.0 Å². The van der Waals surface area contributed by atoms with E-state index in [0.29, 0.717) is 28.2 Å². The summed E-state index contributed by atoms with van der Waals surface area (Å²) in [5.74, 6) is -0.216. The summed E-state index contributed by atoms with van der Waals surface area (Å²) >= 11 is 11.7. The molecule has 0 bridgehead atoms. The Balaban J connectivity index is 2.43. The molecule has 4 nitrogen and oxygen atoms in total. The third-order valence-corrected chi connectivity index (χ3v) is 3.13. The molecule has 0 saturated carbocycles. The zero-order valence-electron chi connectivity index (χ0n) is 11.5. The highest BCUT2D eigenvalue weighted by atomic mass is 35.5. The highest BCUT2D eigenvalue weighted by Gasteiger charge is 2.11. The van der Waals surface area contributed by atoms with E-state index in [-0.39, 0.29) is 12.3 Å². The second-order valence-electron chi connectivity index (χ2n) is 4.88. The number of rotatable bonds is 6. The molecule has 2 amide bonds. The number of hydrogen-bond donors (Lipinski definition) is 2. The molecule has 0 heterocycles. The van der Waals surface area contributed by atoms with Crippen molar-refractivity contribution in [3.8, 4) is 0 Å². The van der Waals surface area contributed by atoms with E-state index in [9.17, 15) is 9.59 Å². The Hall–Kier alpha value is -1.26. The lowest BCUT2D eigenvalue weighted by atomic mass is 10.1. The molecular formula is C14H18Cl2N2O2. The molecule has 0 radical (unpaired) electrons. The van der Waals surface area contributed by atoms with Crippen LogP contribution in [0.25, 0.3) is 0 Å². The topological polar surface area (TPSA) is 58.2 Å². The standard InChI is InChI=1S/C14H18Cl2N2O2/c1-9(2)5-6-17-13(19)8-14(20)18-12-7-10(15)3-4-11(12)16/h3-4,7,9H,5-6,8H2,1-2H3,(H,17,19)(H,18,20). The van der Waals surface area contributed by atoms with E-state index in [1.165, 1.54) is 0 Å². The summed E-state index contributed by atoms with van der Waals surface area (Å²) in [6.07, 6.45) is 0.647. The zero-order chi connectivity index (χ0) is 15.1. The molecule has 0 fully saturated rings. The van der Waals surface area contributed by atoms with Crippen LogP contribution in [0.1, 0.15) is 26.7 Å². The molecule has 0 aliphatic carbocycles. The predicted molar refractivity (Wildman–Crippen MR) is 82.2 cm³/mol. The van der Waals surface area contributed by atoms with Crippen LogP contribution in [0.3, 0.4) is 0 Å².